The van der Waals surface area contributed by atoms with Gasteiger partial charge in [-0.15, -0.1) is 5.10 Å². The number of ether oxygens (including phenoxy) is 1. The molecule has 2 N–H and O–H groups in total. The average molecular weight is 443 g/mol. The Morgan fingerprint density at radius 3 is 2.45 bits per heavy atom. The van der Waals surface area contributed by atoms with Crippen LogP contribution in [0.2, 0.25) is 0 Å². The van der Waals surface area contributed by atoms with Gasteiger partial charge in [0.1, 0.15) is 17.6 Å². The van der Waals surface area contributed by atoms with Crippen LogP contribution in [0.25, 0.3) is 5.69 Å². The van der Waals surface area contributed by atoms with Gasteiger partial charge in [-0.25, -0.2) is 4.79 Å². The number of H-pyrrole nitrogens is 1. The van der Waals surface area contributed by atoms with Crippen LogP contribution in [0.3, 0.4) is 0 Å². The number of hydrogen-bond donors (Lipinski definition) is 2. The van der Waals surface area contributed by atoms with Crippen molar-refractivity contribution < 1.29 is 9.53 Å². The van der Waals surface area contributed by atoms with Crippen LogP contribution in [0.4, 0.5) is 5.69 Å². The molecule has 5 rings (SSSR count). The van der Waals surface area contributed by atoms with Crippen molar-refractivity contribution in [3.63, 3.8) is 0 Å². The molecular formula is C24H21N5O4. The number of amides is 1. The second-order valence-electron chi connectivity index (χ2n) is 8.59. The lowest BCUT2D eigenvalue weighted by atomic mass is 9.80. The number of rotatable bonds is 3. The summed E-state index contributed by atoms with van der Waals surface area (Å²) >= 11 is 0. The van der Waals surface area contributed by atoms with E-state index in [2.05, 4.69) is 15.4 Å². The largest absolute Gasteiger partial charge is 0.457 e. The van der Waals surface area contributed by atoms with E-state index >= 15 is 0 Å². The summed E-state index contributed by atoms with van der Waals surface area (Å²) in [7, 11) is 0. The second-order valence-corrected chi connectivity index (χ2v) is 8.59. The Morgan fingerprint density at radius 1 is 1.09 bits per heavy atom. The van der Waals surface area contributed by atoms with E-state index in [1.54, 1.807) is 18.2 Å². The number of hydrogen-bond acceptors (Lipinski definition) is 6. The molecule has 0 bridgehead atoms. The number of nitrogens with zero attached hydrogens (tertiary/aromatic N) is 3. The molecular weight excluding hydrogens is 422 g/mol. The van der Waals surface area contributed by atoms with Gasteiger partial charge in [0.2, 0.25) is 11.6 Å². The third-order valence-corrected chi connectivity index (χ3v) is 6.49. The molecule has 3 aromatic rings. The van der Waals surface area contributed by atoms with Gasteiger partial charge < -0.3 is 10.1 Å². The van der Waals surface area contributed by atoms with Crippen molar-refractivity contribution in [1.82, 2.24) is 14.8 Å². The number of nitrogens with one attached hydrogen (secondary N) is 2. The zero-order valence-electron chi connectivity index (χ0n) is 18.2. The first kappa shape index (κ1) is 20.7. The summed E-state index contributed by atoms with van der Waals surface area (Å²) in [6.45, 7) is 3.68. The van der Waals surface area contributed by atoms with Crippen LogP contribution in [0, 0.1) is 25.2 Å². The standard InChI is InChI=1S/C24H21N5O4/c1-13-9-15(29-23(32)27-21(30)19(12-25)28-29)10-14(2)20(13)33-16-5-6-18-17(11-16)24(22(31)26-18)7-3-4-8-24/h5-6,9-11H,3-4,7-8H2,1-2H3,(H,26,31)(H,27,30,32). The van der Waals surface area contributed by atoms with Crippen LogP contribution >= 0.6 is 0 Å². The van der Waals surface area contributed by atoms with E-state index in [-0.39, 0.29) is 5.91 Å². The molecule has 1 spiro atoms. The molecule has 166 valence electrons. The lowest BCUT2D eigenvalue weighted by molar-refractivity contribution is -0.120. The predicted molar refractivity (Wildman–Crippen MR) is 120 cm³/mol. The van der Waals surface area contributed by atoms with Crippen molar-refractivity contribution in [3.8, 4) is 23.3 Å². The minimum absolute atomic E-state index is 0.0689. The number of aromatic nitrogens is 3. The summed E-state index contributed by atoms with van der Waals surface area (Å²) in [6.07, 6.45) is 3.74. The highest BCUT2D eigenvalue weighted by Gasteiger charge is 2.48. The van der Waals surface area contributed by atoms with Gasteiger partial charge >= 0.3 is 5.69 Å². The van der Waals surface area contributed by atoms with E-state index in [1.165, 1.54) is 0 Å². The molecule has 0 atom stereocenters. The van der Waals surface area contributed by atoms with Crippen molar-refractivity contribution in [2.45, 2.75) is 44.9 Å². The van der Waals surface area contributed by atoms with Gasteiger partial charge in [0.15, 0.2) is 0 Å². The Balaban J connectivity index is 1.51. The second kappa shape index (κ2) is 7.45. The molecule has 9 heteroatoms. The number of anilines is 1. The lowest BCUT2D eigenvalue weighted by Gasteiger charge is -2.21. The summed E-state index contributed by atoms with van der Waals surface area (Å²) in [5.74, 6) is 1.32. The zero-order chi connectivity index (χ0) is 23.3. The molecule has 33 heavy (non-hydrogen) atoms. The quantitative estimate of drug-likeness (QED) is 0.640. The normalized spacial score (nSPS) is 15.8. The molecule has 1 aliphatic heterocycles. The van der Waals surface area contributed by atoms with Gasteiger partial charge in [0.25, 0.3) is 5.56 Å². The number of aryl methyl sites for hydroxylation is 2. The number of carbonyl (C=O) groups excluding carboxylic acids is 1. The van der Waals surface area contributed by atoms with E-state index in [9.17, 15) is 14.4 Å². The number of fused-ring (bicyclic) bond motifs is 2. The monoisotopic (exact) mass is 443 g/mol. The Bertz CT molecular complexity index is 1450. The first-order chi connectivity index (χ1) is 15.8. The topological polar surface area (TPSA) is 130 Å². The van der Waals surface area contributed by atoms with E-state index < -0.39 is 22.4 Å². The summed E-state index contributed by atoms with van der Waals surface area (Å²) < 4.78 is 7.22. The molecule has 1 amide bonds. The van der Waals surface area contributed by atoms with Crippen molar-refractivity contribution in [2.24, 2.45) is 0 Å². The number of nitriles is 1. The van der Waals surface area contributed by atoms with Gasteiger partial charge in [-0.3, -0.25) is 14.6 Å². The van der Waals surface area contributed by atoms with E-state index in [4.69, 9.17) is 10.00 Å². The fourth-order valence-corrected chi connectivity index (χ4v) is 4.91. The van der Waals surface area contributed by atoms with Crippen molar-refractivity contribution >= 4 is 11.6 Å². The smallest absolute Gasteiger partial charge is 0.349 e. The fourth-order valence-electron chi connectivity index (χ4n) is 4.91. The highest BCUT2D eigenvalue weighted by atomic mass is 16.5. The van der Waals surface area contributed by atoms with Crippen molar-refractivity contribution in [2.75, 3.05) is 5.32 Å². The van der Waals surface area contributed by atoms with Crippen LogP contribution in [0.1, 0.15) is 48.1 Å². The Morgan fingerprint density at radius 2 is 1.79 bits per heavy atom. The zero-order valence-corrected chi connectivity index (χ0v) is 18.2. The van der Waals surface area contributed by atoms with E-state index in [0.717, 1.165) is 52.7 Å². The van der Waals surface area contributed by atoms with Crippen LogP contribution in [-0.2, 0) is 10.2 Å². The van der Waals surface area contributed by atoms with Crippen molar-refractivity contribution in [1.29, 1.82) is 5.26 Å². The molecule has 0 radical (unpaired) electrons. The van der Waals surface area contributed by atoms with E-state index in [0.29, 0.717) is 17.2 Å². The van der Waals surface area contributed by atoms with Crippen LogP contribution < -0.4 is 21.3 Å². The molecule has 2 heterocycles. The van der Waals surface area contributed by atoms with Crippen LogP contribution in [-0.4, -0.2) is 20.7 Å². The summed E-state index contributed by atoms with van der Waals surface area (Å²) in [6, 6.07) is 10.7. The minimum atomic E-state index is -0.822. The molecule has 2 aliphatic rings. The Hall–Kier alpha value is -4.19. The molecule has 1 aliphatic carbocycles. The van der Waals surface area contributed by atoms with Gasteiger partial charge in [0, 0.05) is 5.69 Å². The molecule has 1 fully saturated rings. The summed E-state index contributed by atoms with van der Waals surface area (Å²) in [4.78, 5) is 38.7. The number of aromatic amines is 1. The number of carbonyl (C=O) groups is 1. The average Bonchev–Trinajstić information content (AvgIpc) is 3.37. The summed E-state index contributed by atoms with van der Waals surface area (Å²) in [5.41, 5.74) is 1.31. The van der Waals surface area contributed by atoms with Gasteiger partial charge in [-0.05, 0) is 73.7 Å². The van der Waals surface area contributed by atoms with E-state index in [1.807, 2.05) is 32.0 Å². The van der Waals surface area contributed by atoms with Crippen LogP contribution in [0.5, 0.6) is 11.5 Å². The predicted octanol–water partition coefficient (Wildman–Crippen LogP) is 2.97. The maximum atomic E-state index is 12.7. The van der Waals surface area contributed by atoms with Gasteiger partial charge in [-0.2, -0.15) is 9.94 Å². The summed E-state index contributed by atoms with van der Waals surface area (Å²) in [5, 5.41) is 15.9. The van der Waals surface area contributed by atoms with Crippen molar-refractivity contribution in [3.05, 3.63) is 73.6 Å². The Labute approximate surface area is 188 Å². The molecule has 1 aromatic heterocycles. The highest BCUT2D eigenvalue weighted by Crippen LogP contribution is 2.50. The Kier molecular flexibility index (Phi) is 4.67. The number of benzene rings is 2. The first-order valence-electron chi connectivity index (χ1n) is 10.7. The highest BCUT2D eigenvalue weighted by molar-refractivity contribution is 6.06. The third-order valence-electron chi connectivity index (χ3n) is 6.49. The fraction of sp³-hybridized carbons (Fsp3) is 0.292. The van der Waals surface area contributed by atoms with Crippen LogP contribution in [0.15, 0.2) is 39.9 Å². The van der Waals surface area contributed by atoms with Gasteiger partial charge in [-0.1, -0.05) is 12.8 Å². The third kappa shape index (κ3) is 3.22. The maximum absolute atomic E-state index is 12.7. The molecule has 2 aromatic carbocycles. The van der Waals surface area contributed by atoms with Gasteiger partial charge in [0.05, 0.1) is 11.1 Å². The molecule has 9 nitrogen and oxygen atoms in total. The molecule has 0 saturated heterocycles. The molecule has 0 unspecified atom stereocenters. The minimum Gasteiger partial charge on any atom is -0.457 e. The SMILES string of the molecule is Cc1cc(-n2nc(C#N)c(=O)[nH]c2=O)cc(C)c1Oc1ccc2c(c1)C1(CCCC1)C(=O)N2. The first-order valence-corrected chi connectivity index (χ1v) is 10.7. The maximum Gasteiger partial charge on any atom is 0.349 e. The molecule has 1 saturated carbocycles. The lowest BCUT2D eigenvalue weighted by Crippen LogP contribution is -2.33.